The van der Waals surface area contributed by atoms with Gasteiger partial charge in [-0.2, -0.15) is 5.26 Å². The van der Waals surface area contributed by atoms with Gasteiger partial charge in [0.25, 0.3) is 0 Å². The average molecular weight is 318 g/mol. The summed E-state index contributed by atoms with van der Waals surface area (Å²) in [5, 5.41) is 8.89. The number of benzene rings is 1. The number of anilines is 1. The van der Waals surface area contributed by atoms with Crippen LogP contribution in [0.25, 0.3) is 0 Å². The molecule has 0 saturated carbocycles. The highest BCUT2D eigenvalue weighted by molar-refractivity contribution is 9.10. The van der Waals surface area contributed by atoms with Gasteiger partial charge >= 0.3 is 0 Å². The molecule has 0 bridgehead atoms. The van der Waals surface area contributed by atoms with E-state index in [9.17, 15) is 8.42 Å². The van der Waals surface area contributed by atoms with Gasteiger partial charge in [0.2, 0.25) is 10.0 Å². The van der Waals surface area contributed by atoms with Gasteiger partial charge < -0.3 is 5.73 Å². The highest BCUT2D eigenvalue weighted by atomic mass is 79.9. The van der Waals surface area contributed by atoms with Crippen molar-refractivity contribution in [3.05, 3.63) is 28.2 Å². The number of halogens is 1. The van der Waals surface area contributed by atoms with Gasteiger partial charge in [0, 0.05) is 4.47 Å². The Bertz CT molecular complexity index is 537. The third-order valence-electron chi connectivity index (χ3n) is 1.98. The summed E-state index contributed by atoms with van der Waals surface area (Å²) in [5.41, 5.74) is 5.81. The minimum Gasteiger partial charge on any atom is -0.330 e. The van der Waals surface area contributed by atoms with Gasteiger partial charge in [-0.15, -0.1) is 0 Å². The molecule has 0 aliphatic rings. The minimum atomic E-state index is -3.44. The number of hydrogen-bond donors (Lipinski definition) is 2. The molecule has 7 heteroatoms. The Labute approximate surface area is 109 Å². The van der Waals surface area contributed by atoms with Crippen LogP contribution in [0.3, 0.4) is 0 Å². The van der Waals surface area contributed by atoms with Crippen LogP contribution in [0.4, 0.5) is 5.69 Å². The van der Waals surface area contributed by atoms with E-state index in [1.807, 2.05) is 6.07 Å². The lowest BCUT2D eigenvalue weighted by Gasteiger charge is -2.09. The number of nitrogens with zero attached hydrogens (tertiary/aromatic N) is 1. The first-order chi connectivity index (χ1) is 7.98. The molecule has 0 amide bonds. The van der Waals surface area contributed by atoms with Gasteiger partial charge in [0.15, 0.2) is 0 Å². The second-order valence-electron chi connectivity index (χ2n) is 3.36. The molecule has 1 rings (SSSR count). The van der Waals surface area contributed by atoms with Crippen molar-refractivity contribution >= 4 is 31.6 Å². The molecule has 17 heavy (non-hydrogen) atoms. The van der Waals surface area contributed by atoms with Crippen LogP contribution in [0.15, 0.2) is 22.7 Å². The Morgan fingerprint density at radius 1 is 1.47 bits per heavy atom. The Morgan fingerprint density at radius 3 is 2.76 bits per heavy atom. The topological polar surface area (TPSA) is 96.0 Å². The van der Waals surface area contributed by atoms with Crippen LogP contribution in [0, 0.1) is 11.3 Å². The zero-order valence-corrected chi connectivity index (χ0v) is 11.4. The average Bonchev–Trinajstić information content (AvgIpc) is 2.28. The lowest BCUT2D eigenvalue weighted by molar-refractivity contribution is 0.598. The lowest BCUT2D eigenvalue weighted by Crippen LogP contribution is -2.19. The second kappa shape index (κ2) is 6.00. The summed E-state index contributed by atoms with van der Waals surface area (Å²) in [5.74, 6) is -0.0512. The standard InChI is InChI=1S/C10H12BrN3O2S/c11-9-2-3-10(8(6-9)7-13)14-17(15,16)5-1-4-12/h2-3,6,14H,1,4-5,12H2. The number of nitrogens with one attached hydrogen (secondary N) is 1. The zero-order valence-electron chi connectivity index (χ0n) is 8.98. The second-order valence-corrected chi connectivity index (χ2v) is 6.12. The van der Waals surface area contributed by atoms with Crippen LogP contribution < -0.4 is 10.5 Å². The van der Waals surface area contributed by atoms with Crippen molar-refractivity contribution in [2.24, 2.45) is 5.73 Å². The summed E-state index contributed by atoms with van der Waals surface area (Å²) < 4.78 is 26.3. The van der Waals surface area contributed by atoms with E-state index in [0.29, 0.717) is 13.0 Å². The van der Waals surface area contributed by atoms with E-state index in [2.05, 4.69) is 20.7 Å². The highest BCUT2D eigenvalue weighted by Crippen LogP contribution is 2.21. The van der Waals surface area contributed by atoms with Crippen molar-refractivity contribution in [1.29, 1.82) is 5.26 Å². The lowest BCUT2D eigenvalue weighted by atomic mass is 10.2. The summed E-state index contributed by atoms with van der Waals surface area (Å²) in [6.45, 7) is 0.312. The Hall–Kier alpha value is -1.10. The maximum absolute atomic E-state index is 11.6. The highest BCUT2D eigenvalue weighted by Gasteiger charge is 2.12. The minimum absolute atomic E-state index is 0.0512. The van der Waals surface area contributed by atoms with E-state index in [1.54, 1.807) is 18.2 Å². The zero-order chi connectivity index (χ0) is 12.9. The van der Waals surface area contributed by atoms with Gasteiger partial charge in [0.05, 0.1) is 17.0 Å². The maximum atomic E-state index is 11.6. The van der Waals surface area contributed by atoms with Gasteiger partial charge in [-0.05, 0) is 31.2 Å². The summed E-state index contributed by atoms with van der Waals surface area (Å²) in [7, 11) is -3.44. The van der Waals surface area contributed by atoms with Gasteiger partial charge in [-0.1, -0.05) is 15.9 Å². The normalized spacial score (nSPS) is 10.9. The van der Waals surface area contributed by atoms with Gasteiger partial charge in [-0.25, -0.2) is 8.42 Å². The fourth-order valence-corrected chi connectivity index (χ4v) is 2.71. The van der Waals surface area contributed by atoms with Crippen LogP contribution in [0.5, 0.6) is 0 Å². The van der Waals surface area contributed by atoms with Crippen LogP contribution in [0.1, 0.15) is 12.0 Å². The van der Waals surface area contributed by atoms with Crippen molar-refractivity contribution in [1.82, 2.24) is 0 Å². The molecule has 0 aliphatic heterocycles. The van der Waals surface area contributed by atoms with Gasteiger partial charge in [-0.3, -0.25) is 4.72 Å². The number of sulfonamides is 1. The Kier molecular flexibility index (Phi) is 4.93. The monoisotopic (exact) mass is 317 g/mol. The first-order valence-electron chi connectivity index (χ1n) is 4.89. The summed E-state index contributed by atoms with van der Waals surface area (Å²) >= 11 is 3.21. The third kappa shape index (κ3) is 4.34. The fraction of sp³-hybridized carbons (Fsp3) is 0.300. The van der Waals surface area contributed by atoms with Crippen LogP contribution in [-0.4, -0.2) is 20.7 Å². The Balaban J connectivity index is 2.92. The predicted molar refractivity (Wildman–Crippen MR) is 69.9 cm³/mol. The Morgan fingerprint density at radius 2 is 2.18 bits per heavy atom. The predicted octanol–water partition coefficient (Wildman–Crippen LogP) is 1.41. The smallest absolute Gasteiger partial charge is 0.232 e. The molecular formula is C10H12BrN3O2S. The molecule has 1 aromatic carbocycles. The van der Waals surface area contributed by atoms with E-state index in [0.717, 1.165) is 4.47 Å². The van der Waals surface area contributed by atoms with Crippen molar-refractivity contribution < 1.29 is 8.42 Å². The maximum Gasteiger partial charge on any atom is 0.232 e. The van der Waals surface area contributed by atoms with Crippen LogP contribution in [-0.2, 0) is 10.0 Å². The number of nitriles is 1. The molecule has 0 aliphatic carbocycles. The molecule has 0 radical (unpaired) electrons. The van der Waals surface area contributed by atoms with Crippen molar-refractivity contribution in [2.75, 3.05) is 17.0 Å². The van der Waals surface area contributed by atoms with Crippen LogP contribution in [0.2, 0.25) is 0 Å². The molecule has 92 valence electrons. The molecule has 0 saturated heterocycles. The molecule has 0 heterocycles. The van der Waals surface area contributed by atoms with E-state index >= 15 is 0 Å². The molecule has 3 N–H and O–H groups in total. The molecule has 0 atom stereocenters. The quantitative estimate of drug-likeness (QED) is 0.858. The first kappa shape index (κ1) is 14.0. The number of nitrogens with two attached hydrogens (primary N) is 1. The van der Waals surface area contributed by atoms with Crippen molar-refractivity contribution in [2.45, 2.75) is 6.42 Å². The van der Waals surface area contributed by atoms with E-state index < -0.39 is 10.0 Å². The first-order valence-corrected chi connectivity index (χ1v) is 7.33. The molecule has 0 fully saturated rings. The molecule has 0 unspecified atom stereocenters. The summed E-state index contributed by atoms with van der Waals surface area (Å²) in [6.07, 6.45) is 0.383. The summed E-state index contributed by atoms with van der Waals surface area (Å²) in [6, 6.07) is 6.70. The molecule has 0 spiro atoms. The fourth-order valence-electron chi connectivity index (χ4n) is 1.19. The van der Waals surface area contributed by atoms with E-state index in [1.165, 1.54) is 0 Å². The van der Waals surface area contributed by atoms with Crippen molar-refractivity contribution in [3.63, 3.8) is 0 Å². The largest absolute Gasteiger partial charge is 0.330 e. The van der Waals surface area contributed by atoms with Gasteiger partial charge in [0.1, 0.15) is 6.07 Å². The molecule has 1 aromatic rings. The van der Waals surface area contributed by atoms with E-state index in [4.69, 9.17) is 11.0 Å². The van der Waals surface area contributed by atoms with E-state index in [-0.39, 0.29) is 17.0 Å². The van der Waals surface area contributed by atoms with Crippen molar-refractivity contribution in [3.8, 4) is 6.07 Å². The van der Waals surface area contributed by atoms with Crippen LogP contribution >= 0.6 is 15.9 Å². The SMILES string of the molecule is N#Cc1cc(Br)ccc1NS(=O)(=O)CCCN. The molecule has 5 nitrogen and oxygen atoms in total. The number of rotatable bonds is 5. The number of hydrogen-bond acceptors (Lipinski definition) is 4. The molecule has 0 aromatic heterocycles. The molecular weight excluding hydrogens is 306 g/mol. The summed E-state index contributed by atoms with van der Waals surface area (Å²) in [4.78, 5) is 0. The third-order valence-corrected chi connectivity index (χ3v) is 3.84.